The summed E-state index contributed by atoms with van der Waals surface area (Å²) in [7, 11) is 0. The van der Waals surface area contributed by atoms with Crippen molar-refractivity contribution in [2.24, 2.45) is 0 Å². The second-order valence-corrected chi connectivity index (χ2v) is 7.09. The summed E-state index contributed by atoms with van der Waals surface area (Å²) in [5.41, 5.74) is 1.59. The average molecular weight is 495 g/mol. The molecule has 3 atom stereocenters. The molecule has 0 spiro atoms. The Morgan fingerprint density at radius 2 is 2.14 bits per heavy atom. The van der Waals surface area contributed by atoms with Crippen LogP contribution in [0.2, 0.25) is 0 Å². The van der Waals surface area contributed by atoms with Crippen molar-refractivity contribution < 1.29 is 17.7 Å². The molecule has 1 aliphatic rings. The maximum absolute atomic E-state index is 12.4. The quantitative estimate of drug-likeness (QED) is 0.522. The second-order valence-electron chi connectivity index (χ2n) is 6.47. The lowest BCUT2D eigenvalue weighted by molar-refractivity contribution is -0.104. The highest BCUT2D eigenvalue weighted by molar-refractivity contribution is 14.1. The maximum atomic E-state index is 12.4. The normalized spacial score (nSPS) is 22.3. The van der Waals surface area contributed by atoms with E-state index in [9.17, 15) is 9.90 Å². The van der Waals surface area contributed by atoms with Gasteiger partial charge in [0.2, 0.25) is 0 Å². The molecule has 2 N–H and O–H groups in total. The third-order valence-corrected chi connectivity index (χ3v) is 5.05. The Morgan fingerprint density at radius 1 is 1.32 bits per heavy atom. The van der Waals surface area contributed by atoms with Crippen LogP contribution in [0.5, 0.6) is 0 Å². The van der Waals surface area contributed by atoms with E-state index >= 15 is 0 Å². The number of ether oxygens (including phenoxy) is 1. The zero-order chi connectivity index (χ0) is 19.5. The summed E-state index contributed by atoms with van der Waals surface area (Å²) in [4.78, 5) is 25.3. The summed E-state index contributed by atoms with van der Waals surface area (Å²) in [5, 5.41) is 13.1. The molecule has 0 bridgehead atoms. The van der Waals surface area contributed by atoms with Gasteiger partial charge in [0.05, 0.1) is 31.7 Å². The zero-order valence-electron chi connectivity index (χ0n) is 14.7. The number of fused-ring (bicyclic) bond motifs is 1. The summed E-state index contributed by atoms with van der Waals surface area (Å²) >= 11 is 1.79. The fourth-order valence-electron chi connectivity index (χ4n) is 3.24. The van der Waals surface area contributed by atoms with E-state index in [-0.39, 0.29) is 18.1 Å². The predicted molar refractivity (Wildman–Crippen MR) is 109 cm³/mol. The first-order valence-electron chi connectivity index (χ1n) is 8.74. The van der Waals surface area contributed by atoms with Crippen molar-refractivity contribution in [3.8, 4) is 0 Å². The Kier molecular flexibility index (Phi) is 5.80. The van der Waals surface area contributed by atoms with E-state index in [1.807, 2.05) is 10.6 Å². The number of benzene rings is 1. The van der Waals surface area contributed by atoms with Crippen molar-refractivity contribution in [2.45, 2.75) is 24.7 Å². The summed E-state index contributed by atoms with van der Waals surface area (Å²) in [6.07, 6.45) is 2.51. The first kappa shape index (κ1) is 19.2. The maximum Gasteiger partial charge on any atom is 0.256 e. The average Bonchev–Trinajstić information content (AvgIpc) is 3.15. The van der Waals surface area contributed by atoms with Crippen LogP contribution in [0, 0.1) is 0 Å². The summed E-state index contributed by atoms with van der Waals surface area (Å²) < 4.78 is 12.6. The van der Waals surface area contributed by atoms with Crippen LogP contribution in [0.15, 0.2) is 43.0 Å². The molecule has 9 nitrogen and oxygen atoms in total. The summed E-state index contributed by atoms with van der Waals surface area (Å²) in [6, 6.07) is 8.76. The number of imidazole rings is 1. The molecule has 28 heavy (non-hydrogen) atoms. The van der Waals surface area contributed by atoms with Crippen LogP contribution in [-0.4, -0.2) is 56.0 Å². The molecule has 1 amide bonds. The van der Waals surface area contributed by atoms with Crippen molar-refractivity contribution in [1.82, 2.24) is 19.5 Å². The van der Waals surface area contributed by atoms with Gasteiger partial charge in [0.25, 0.3) is 5.91 Å². The molecular weight excluding hydrogens is 477 g/mol. The number of aliphatic hydroxyl groups is 1. The molecule has 1 fully saturated rings. The Bertz CT molecular complexity index is 967. The first-order chi connectivity index (χ1) is 13.7. The molecule has 3 unspecified atom stereocenters. The van der Waals surface area contributed by atoms with Gasteiger partial charge in [-0.3, -0.25) is 4.79 Å². The number of nitrogens with zero attached hydrogens (tertiary/aromatic N) is 4. The van der Waals surface area contributed by atoms with E-state index in [0.29, 0.717) is 42.2 Å². The van der Waals surface area contributed by atoms with E-state index in [1.165, 1.54) is 6.33 Å². The number of halogens is 1. The lowest BCUT2D eigenvalue weighted by Crippen LogP contribution is -2.41. The number of carbonyl (C=O) groups is 1. The molecule has 10 heteroatoms. The van der Waals surface area contributed by atoms with E-state index < -0.39 is 6.10 Å². The van der Waals surface area contributed by atoms with Crippen molar-refractivity contribution in [2.75, 3.05) is 18.5 Å². The topological polar surface area (TPSA) is 111 Å². The Hall–Kier alpha value is -2.15. The standard InChI is InChI=1S/C18H18IN5O4/c19-28-8-14-13(25)6-12(7-27-14)24-10-22-15-16(20-9-21-17(15)24)23-18(26)11-4-2-1-3-5-11/h1-5,9-10,12-14,25H,6-8H2,(H,20,21,23,26). The third-order valence-electron chi connectivity index (χ3n) is 4.69. The second kappa shape index (κ2) is 8.47. The van der Waals surface area contributed by atoms with Crippen LogP contribution in [0.1, 0.15) is 22.8 Å². The molecule has 0 radical (unpaired) electrons. The molecule has 146 valence electrons. The number of aliphatic hydroxyl groups excluding tert-OH is 1. The lowest BCUT2D eigenvalue weighted by atomic mass is 10.0. The Morgan fingerprint density at radius 3 is 2.89 bits per heavy atom. The molecular formula is C18H18IN5O4. The SMILES string of the molecule is O=C(Nc1ncnc2c1ncn2C1COC(COI)C(O)C1)c1ccccc1. The van der Waals surface area contributed by atoms with E-state index in [4.69, 9.17) is 7.80 Å². The van der Waals surface area contributed by atoms with Crippen LogP contribution >= 0.6 is 23.0 Å². The van der Waals surface area contributed by atoms with Gasteiger partial charge in [0.15, 0.2) is 17.0 Å². The van der Waals surface area contributed by atoms with Crippen LogP contribution in [0.3, 0.4) is 0 Å². The fraction of sp³-hybridized carbons (Fsp3) is 0.333. The van der Waals surface area contributed by atoms with Crippen LogP contribution in [-0.2, 0) is 7.80 Å². The number of nitrogens with one attached hydrogen (secondary N) is 1. The largest absolute Gasteiger partial charge is 0.390 e. The molecule has 2 aromatic heterocycles. The molecule has 1 aromatic carbocycles. The molecule has 0 aliphatic carbocycles. The van der Waals surface area contributed by atoms with Gasteiger partial charge in [-0.15, -0.1) is 0 Å². The third kappa shape index (κ3) is 3.85. The van der Waals surface area contributed by atoms with Crippen molar-refractivity contribution in [1.29, 1.82) is 0 Å². The van der Waals surface area contributed by atoms with Crippen molar-refractivity contribution in [3.05, 3.63) is 48.5 Å². The predicted octanol–water partition coefficient (Wildman–Crippen LogP) is 2.14. The number of hydrogen-bond acceptors (Lipinski definition) is 7. The number of amides is 1. The molecule has 4 rings (SSSR count). The van der Waals surface area contributed by atoms with E-state index in [2.05, 4.69) is 20.3 Å². The van der Waals surface area contributed by atoms with Crippen molar-refractivity contribution in [3.63, 3.8) is 0 Å². The van der Waals surface area contributed by atoms with Crippen LogP contribution in [0.25, 0.3) is 11.2 Å². The van der Waals surface area contributed by atoms with Gasteiger partial charge in [-0.25, -0.2) is 15.0 Å². The minimum Gasteiger partial charge on any atom is -0.390 e. The number of aromatic nitrogens is 4. The van der Waals surface area contributed by atoms with Gasteiger partial charge < -0.3 is 22.8 Å². The van der Waals surface area contributed by atoms with E-state index in [0.717, 1.165) is 0 Å². The van der Waals surface area contributed by atoms with Gasteiger partial charge in [-0.1, -0.05) is 18.2 Å². The number of carbonyl (C=O) groups excluding carboxylic acids is 1. The highest BCUT2D eigenvalue weighted by atomic mass is 127. The minimum absolute atomic E-state index is 0.127. The molecule has 3 aromatic rings. The smallest absolute Gasteiger partial charge is 0.256 e. The summed E-state index contributed by atoms with van der Waals surface area (Å²) in [6.45, 7) is 0.736. The van der Waals surface area contributed by atoms with Crippen molar-refractivity contribution >= 4 is 45.9 Å². The molecule has 1 saturated heterocycles. The fourth-order valence-corrected chi connectivity index (χ4v) is 3.59. The summed E-state index contributed by atoms with van der Waals surface area (Å²) in [5.74, 6) is 0.0688. The number of hydrogen-bond donors (Lipinski definition) is 2. The molecule has 0 saturated carbocycles. The van der Waals surface area contributed by atoms with Crippen LogP contribution in [0.4, 0.5) is 5.82 Å². The lowest BCUT2D eigenvalue weighted by Gasteiger charge is -2.33. The zero-order valence-corrected chi connectivity index (χ0v) is 16.9. The molecule has 1 aliphatic heterocycles. The van der Waals surface area contributed by atoms with Gasteiger partial charge in [0, 0.05) is 5.56 Å². The highest BCUT2D eigenvalue weighted by Crippen LogP contribution is 2.28. The Balaban J connectivity index is 1.56. The van der Waals surface area contributed by atoms with Gasteiger partial charge in [-0.05, 0) is 18.6 Å². The van der Waals surface area contributed by atoms with Gasteiger partial charge in [0.1, 0.15) is 35.4 Å². The highest BCUT2D eigenvalue weighted by Gasteiger charge is 2.32. The van der Waals surface area contributed by atoms with Gasteiger partial charge in [-0.2, -0.15) is 0 Å². The molecule has 3 heterocycles. The Labute approximate surface area is 174 Å². The van der Waals surface area contributed by atoms with Crippen LogP contribution < -0.4 is 5.32 Å². The number of rotatable bonds is 5. The van der Waals surface area contributed by atoms with Gasteiger partial charge >= 0.3 is 0 Å². The number of anilines is 1. The monoisotopic (exact) mass is 495 g/mol. The van der Waals surface area contributed by atoms with E-state index in [1.54, 1.807) is 53.6 Å². The minimum atomic E-state index is -0.648. The first-order valence-corrected chi connectivity index (χ1v) is 9.62.